The van der Waals surface area contributed by atoms with E-state index in [0.717, 1.165) is 11.1 Å². The number of hydrogen-bond donors (Lipinski definition) is 1. The summed E-state index contributed by atoms with van der Waals surface area (Å²) in [5, 5.41) is 9.56. The molecule has 6 nitrogen and oxygen atoms in total. The van der Waals surface area contributed by atoms with Crippen molar-refractivity contribution in [2.75, 3.05) is 20.8 Å². The van der Waals surface area contributed by atoms with Crippen molar-refractivity contribution in [1.29, 1.82) is 0 Å². The first-order chi connectivity index (χ1) is 12.5. The van der Waals surface area contributed by atoms with Gasteiger partial charge in [-0.1, -0.05) is 30.3 Å². The molecule has 6 heteroatoms. The standard InChI is InChI=1S/C20H21NO5/c1-25-17-8-5-9-18(26-2)15(17)10-19(22)21-11-13-6-3-4-7-14(13)16(12-21)20(23)24/h3-9,16H,10-12H2,1-2H3,(H,23,24). The zero-order valence-electron chi connectivity index (χ0n) is 14.8. The number of methoxy groups -OCH3 is 2. The van der Waals surface area contributed by atoms with Crippen LogP contribution >= 0.6 is 0 Å². The van der Waals surface area contributed by atoms with Gasteiger partial charge in [0, 0.05) is 18.7 Å². The summed E-state index contributed by atoms with van der Waals surface area (Å²) in [6.07, 6.45) is 0.0850. The van der Waals surface area contributed by atoms with Crippen LogP contribution in [0.5, 0.6) is 11.5 Å². The maximum atomic E-state index is 12.9. The van der Waals surface area contributed by atoms with Crippen LogP contribution in [0.1, 0.15) is 22.6 Å². The summed E-state index contributed by atoms with van der Waals surface area (Å²) >= 11 is 0. The molecule has 136 valence electrons. The Morgan fingerprint density at radius 3 is 2.35 bits per heavy atom. The third-order valence-corrected chi connectivity index (χ3v) is 4.70. The third kappa shape index (κ3) is 3.35. The van der Waals surface area contributed by atoms with Crippen LogP contribution in [0.3, 0.4) is 0 Å². The number of aliphatic carboxylic acids is 1. The predicted octanol–water partition coefficient (Wildman–Crippen LogP) is 2.46. The first-order valence-corrected chi connectivity index (χ1v) is 8.33. The largest absolute Gasteiger partial charge is 0.496 e. The van der Waals surface area contributed by atoms with Crippen molar-refractivity contribution in [2.45, 2.75) is 18.9 Å². The van der Waals surface area contributed by atoms with Crippen LogP contribution in [0.15, 0.2) is 42.5 Å². The lowest BCUT2D eigenvalue weighted by atomic mass is 9.89. The molecule has 0 aliphatic carbocycles. The van der Waals surface area contributed by atoms with Crippen LogP contribution in [-0.2, 0) is 22.6 Å². The molecule has 2 aromatic rings. The number of fused-ring (bicyclic) bond motifs is 1. The molecule has 1 amide bonds. The second kappa shape index (κ2) is 7.47. The molecule has 1 aliphatic heterocycles. The fraction of sp³-hybridized carbons (Fsp3) is 0.300. The Morgan fingerprint density at radius 2 is 1.73 bits per heavy atom. The Balaban J connectivity index is 1.87. The molecule has 3 rings (SSSR count). The summed E-state index contributed by atoms with van der Waals surface area (Å²) in [5.74, 6) is -0.656. The number of amides is 1. The molecule has 0 aromatic heterocycles. The summed E-state index contributed by atoms with van der Waals surface area (Å²) in [5.41, 5.74) is 2.30. The van der Waals surface area contributed by atoms with Gasteiger partial charge in [-0.3, -0.25) is 9.59 Å². The number of hydrogen-bond acceptors (Lipinski definition) is 4. The van der Waals surface area contributed by atoms with E-state index in [0.29, 0.717) is 23.6 Å². The van der Waals surface area contributed by atoms with Crippen molar-refractivity contribution in [2.24, 2.45) is 0 Å². The Bertz CT molecular complexity index is 810. The van der Waals surface area contributed by atoms with Gasteiger partial charge in [0.15, 0.2) is 0 Å². The molecule has 1 N–H and O–H groups in total. The van der Waals surface area contributed by atoms with Gasteiger partial charge in [0.2, 0.25) is 5.91 Å². The van der Waals surface area contributed by atoms with Gasteiger partial charge in [0.05, 0.1) is 26.6 Å². The Labute approximate surface area is 152 Å². The molecule has 0 spiro atoms. The van der Waals surface area contributed by atoms with Gasteiger partial charge in [-0.25, -0.2) is 0 Å². The van der Waals surface area contributed by atoms with E-state index in [1.165, 1.54) is 0 Å². The van der Waals surface area contributed by atoms with E-state index in [4.69, 9.17) is 9.47 Å². The summed E-state index contributed by atoms with van der Waals surface area (Å²) in [6.45, 7) is 0.554. The van der Waals surface area contributed by atoms with E-state index in [-0.39, 0.29) is 18.9 Å². The molecule has 0 saturated heterocycles. The summed E-state index contributed by atoms with van der Waals surface area (Å²) in [4.78, 5) is 26.2. The third-order valence-electron chi connectivity index (χ3n) is 4.70. The van der Waals surface area contributed by atoms with Gasteiger partial charge in [-0.2, -0.15) is 0 Å². The van der Waals surface area contributed by atoms with Gasteiger partial charge < -0.3 is 19.5 Å². The monoisotopic (exact) mass is 355 g/mol. The maximum absolute atomic E-state index is 12.9. The van der Waals surface area contributed by atoms with E-state index in [1.54, 1.807) is 37.3 Å². The number of ether oxygens (including phenoxy) is 2. The Morgan fingerprint density at radius 1 is 1.08 bits per heavy atom. The van der Waals surface area contributed by atoms with Crippen LogP contribution in [0.2, 0.25) is 0 Å². The molecule has 2 aromatic carbocycles. The number of carbonyl (C=O) groups excluding carboxylic acids is 1. The molecule has 1 heterocycles. The molecule has 0 radical (unpaired) electrons. The molecular formula is C20H21NO5. The smallest absolute Gasteiger partial charge is 0.312 e. The molecule has 0 fully saturated rings. The topological polar surface area (TPSA) is 76.1 Å². The highest BCUT2D eigenvalue weighted by molar-refractivity contribution is 5.83. The molecule has 1 aliphatic rings. The Kier molecular flexibility index (Phi) is 5.11. The highest BCUT2D eigenvalue weighted by atomic mass is 16.5. The fourth-order valence-electron chi connectivity index (χ4n) is 3.37. The summed E-state index contributed by atoms with van der Waals surface area (Å²) in [6, 6.07) is 12.7. The maximum Gasteiger partial charge on any atom is 0.312 e. The minimum absolute atomic E-state index is 0.0850. The van der Waals surface area contributed by atoms with Crippen molar-refractivity contribution in [3.05, 3.63) is 59.2 Å². The van der Waals surface area contributed by atoms with Gasteiger partial charge in [-0.15, -0.1) is 0 Å². The first-order valence-electron chi connectivity index (χ1n) is 8.33. The lowest BCUT2D eigenvalue weighted by Crippen LogP contribution is -2.41. The van der Waals surface area contributed by atoms with E-state index in [2.05, 4.69) is 0 Å². The van der Waals surface area contributed by atoms with Gasteiger partial charge >= 0.3 is 5.97 Å². The lowest BCUT2D eigenvalue weighted by molar-refractivity contribution is -0.141. The SMILES string of the molecule is COc1cccc(OC)c1CC(=O)N1Cc2ccccc2C(C(=O)O)C1. The molecule has 1 unspecified atom stereocenters. The van der Waals surface area contributed by atoms with Crippen molar-refractivity contribution < 1.29 is 24.2 Å². The number of rotatable bonds is 5. The highest BCUT2D eigenvalue weighted by Gasteiger charge is 2.32. The van der Waals surface area contributed by atoms with Gasteiger partial charge in [0.1, 0.15) is 11.5 Å². The van der Waals surface area contributed by atoms with Crippen molar-refractivity contribution in [1.82, 2.24) is 4.90 Å². The lowest BCUT2D eigenvalue weighted by Gasteiger charge is -2.33. The average Bonchev–Trinajstić information content (AvgIpc) is 2.66. The highest BCUT2D eigenvalue weighted by Crippen LogP contribution is 2.32. The van der Waals surface area contributed by atoms with E-state index in [9.17, 15) is 14.7 Å². The van der Waals surface area contributed by atoms with Crippen LogP contribution in [0.25, 0.3) is 0 Å². The minimum Gasteiger partial charge on any atom is -0.496 e. The van der Waals surface area contributed by atoms with E-state index in [1.807, 2.05) is 24.3 Å². The van der Waals surface area contributed by atoms with Crippen LogP contribution < -0.4 is 9.47 Å². The number of carboxylic acids is 1. The fourth-order valence-corrected chi connectivity index (χ4v) is 3.37. The van der Waals surface area contributed by atoms with Crippen molar-refractivity contribution >= 4 is 11.9 Å². The van der Waals surface area contributed by atoms with Crippen LogP contribution in [0.4, 0.5) is 0 Å². The molecule has 26 heavy (non-hydrogen) atoms. The van der Waals surface area contributed by atoms with Gasteiger partial charge in [0.25, 0.3) is 0 Å². The van der Waals surface area contributed by atoms with E-state index < -0.39 is 11.9 Å². The van der Waals surface area contributed by atoms with Crippen molar-refractivity contribution in [3.8, 4) is 11.5 Å². The number of benzene rings is 2. The predicted molar refractivity (Wildman–Crippen MR) is 95.5 cm³/mol. The second-order valence-corrected chi connectivity index (χ2v) is 6.18. The molecule has 1 atom stereocenters. The zero-order chi connectivity index (χ0) is 18.7. The number of carbonyl (C=O) groups is 2. The minimum atomic E-state index is -0.926. The first kappa shape index (κ1) is 17.8. The van der Waals surface area contributed by atoms with Gasteiger partial charge in [-0.05, 0) is 23.3 Å². The van der Waals surface area contributed by atoms with Crippen LogP contribution in [-0.4, -0.2) is 42.6 Å². The summed E-state index contributed by atoms with van der Waals surface area (Å²) in [7, 11) is 3.08. The summed E-state index contributed by atoms with van der Waals surface area (Å²) < 4.78 is 10.7. The number of carboxylic acid groups (broad SMARTS) is 1. The quantitative estimate of drug-likeness (QED) is 0.892. The zero-order valence-corrected chi connectivity index (χ0v) is 14.8. The number of nitrogens with zero attached hydrogens (tertiary/aromatic N) is 1. The normalized spacial score (nSPS) is 15.9. The van der Waals surface area contributed by atoms with E-state index >= 15 is 0 Å². The molecule has 0 bridgehead atoms. The Hall–Kier alpha value is -3.02. The average molecular weight is 355 g/mol. The van der Waals surface area contributed by atoms with Crippen LogP contribution in [0, 0.1) is 0 Å². The molecular weight excluding hydrogens is 334 g/mol. The molecule has 0 saturated carbocycles. The second-order valence-electron chi connectivity index (χ2n) is 6.18. The van der Waals surface area contributed by atoms with Crippen molar-refractivity contribution in [3.63, 3.8) is 0 Å².